The van der Waals surface area contributed by atoms with Crippen LogP contribution in [-0.4, -0.2) is 36.6 Å². The molecule has 2 unspecified atom stereocenters. The Labute approximate surface area is 69.0 Å². The second-order valence-electron chi connectivity index (χ2n) is 4.11. The average Bonchev–Trinajstić information content (AvgIpc) is 2.41. The molecule has 0 spiro atoms. The molecule has 2 saturated heterocycles. The number of nitrogens with zero attached hydrogens (tertiary/aromatic N) is 1. The quantitative estimate of drug-likeness (QED) is 0.598. The van der Waals surface area contributed by atoms with Crippen molar-refractivity contribution >= 4 is 0 Å². The summed E-state index contributed by atoms with van der Waals surface area (Å²) in [6.45, 7) is 8.42. The number of hydrogen-bond donors (Lipinski definition) is 1. The lowest BCUT2D eigenvalue weighted by Crippen LogP contribution is -2.38. The Kier molecular flexibility index (Phi) is 1.90. The molecule has 0 amide bonds. The molecule has 2 aliphatic heterocycles. The van der Waals surface area contributed by atoms with Crippen molar-refractivity contribution < 1.29 is 0 Å². The van der Waals surface area contributed by atoms with E-state index in [2.05, 4.69) is 24.1 Å². The van der Waals surface area contributed by atoms with Crippen LogP contribution in [0.25, 0.3) is 0 Å². The molecule has 2 nitrogen and oxygen atoms in total. The van der Waals surface area contributed by atoms with E-state index in [1.807, 2.05) is 0 Å². The zero-order valence-electron chi connectivity index (χ0n) is 7.51. The zero-order valence-corrected chi connectivity index (χ0v) is 7.51. The van der Waals surface area contributed by atoms with Gasteiger partial charge in [0.25, 0.3) is 0 Å². The van der Waals surface area contributed by atoms with Crippen LogP contribution in [0.3, 0.4) is 0 Å². The van der Waals surface area contributed by atoms with Gasteiger partial charge < -0.3 is 5.32 Å². The van der Waals surface area contributed by atoms with Crippen LogP contribution in [0.5, 0.6) is 0 Å². The van der Waals surface area contributed by atoms with Crippen molar-refractivity contribution in [1.29, 1.82) is 0 Å². The van der Waals surface area contributed by atoms with E-state index in [9.17, 15) is 0 Å². The van der Waals surface area contributed by atoms with Crippen molar-refractivity contribution in [1.82, 2.24) is 10.2 Å². The average molecular weight is 154 g/mol. The maximum absolute atomic E-state index is 3.47. The van der Waals surface area contributed by atoms with Crippen LogP contribution in [0.15, 0.2) is 0 Å². The smallest absolute Gasteiger partial charge is 0.0264 e. The predicted molar refractivity (Wildman–Crippen MR) is 46.6 cm³/mol. The van der Waals surface area contributed by atoms with Crippen LogP contribution in [0.2, 0.25) is 0 Å². The number of nitrogens with one attached hydrogen (secondary N) is 1. The maximum Gasteiger partial charge on any atom is 0.0264 e. The molecule has 0 aromatic carbocycles. The first kappa shape index (κ1) is 7.56. The van der Waals surface area contributed by atoms with E-state index in [1.54, 1.807) is 0 Å². The van der Waals surface area contributed by atoms with Gasteiger partial charge in [0.1, 0.15) is 0 Å². The molecule has 2 atom stereocenters. The molecule has 2 rings (SSSR count). The molecular weight excluding hydrogens is 136 g/mol. The first-order valence-electron chi connectivity index (χ1n) is 4.75. The third kappa shape index (κ3) is 1.18. The fraction of sp³-hybridized carbons (Fsp3) is 1.00. The molecule has 64 valence electrons. The van der Waals surface area contributed by atoms with Gasteiger partial charge in [-0.3, -0.25) is 4.90 Å². The van der Waals surface area contributed by atoms with Crippen LogP contribution in [0.4, 0.5) is 0 Å². The largest absolute Gasteiger partial charge is 0.315 e. The topological polar surface area (TPSA) is 15.3 Å². The van der Waals surface area contributed by atoms with Crippen molar-refractivity contribution in [2.75, 3.05) is 19.6 Å². The van der Waals surface area contributed by atoms with Crippen molar-refractivity contribution in [3.8, 4) is 0 Å². The van der Waals surface area contributed by atoms with Gasteiger partial charge in [-0.15, -0.1) is 0 Å². The molecule has 2 heterocycles. The van der Waals surface area contributed by atoms with Gasteiger partial charge in [-0.05, 0) is 39.3 Å². The molecule has 1 N–H and O–H groups in total. The number of fused-ring (bicyclic) bond motifs is 1. The van der Waals surface area contributed by atoms with Crippen LogP contribution in [-0.2, 0) is 0 Å². The Hall–Kier alpha value is -0.0800. The Balaban J connectivity index is 2.03. The van der Waals surface area contributed by atoms with E-state index >= 15 is 0 Å². The Morgan fingerprint density at radius 3 is 2.91 bits per heavy atom. The summed E-state index contributed by atoms with van der Waals surface area (Å²) >= 11 is 0. The van der Waals surface area contributed by atoms with Crippen molar-refractivity contribution in [3.05, 3.63) is 0 Å². The molecule has 0 bridgehead atoms. The lowest BCUT2D eigenvalue weighted by molar-refractivity contribution is 0.203. The maximum atomic E-state index is 3.47. The van der Waals surface area contributed by atoms with Gasteiger partial charge in [0.05, 0.1) is 0 Å². The molecule has 0 aromatic heterocycles. The van der Waals surface area contributed by atoms with Gasteiger partial charge in [-0.2, -0.15) is 0 Å². The van der Waals surface area contributed by atoms with Crippen LogP contribution < -0.4 is 5.32 Å². The molecule has 2 heteroatoms. The fourth-order valence-electron chi connectivity index (χ4n) is 2.52. The van der Waals surface area contributed by atoms with Gasteiger partial charge >= 0.3 is 0 Å². The van der Waals surface area contributed by atoms with Gasteiger partial charge in [0.2, 0.25) is 0 Å². The Bertz CT molecular complexity index is 144. The van der Waals surface area contributed by atoms with E-state index in [-0.39, 0.29) is 0 Å². The second kappa shape index (κ2) is 2.76. The monoisotopic (exact) mass is 154 g/mol. The van der Waals surface area contributed by atoms with Gasteiger partial charge in [-0.25, -0.2) is 0 Å². The normalized spacial score (nSPS) is 38.5. The van der Waals surface area contributed by atoms with E-state index in [1.165, 1.54) is 26.1 Å². The lowest BCUT2D eigenvalue weighted by atomic mass is 10.0. The van der Waals surface area contributed by atoms with Crippen molar-refractivity contribution in [2.24, 2.45) is 5.92 Å². The highest BCUT2D eigenvalue weighted by Crippen LogP contribution is 2.28. The molecule has 0 radical (unpaired) electrons. The Morgan fingerprint density at radius 1 is 1.36 bits per heavy atom. The summed E-state index contributed by atoms with van der Waals surface area (Å²) in [7, 11) is 0. The predicted octanol–water partition coefficient (Wildman–Crippen LogP) is 0.688. The third-order valence-electron chi connectivity index (χ3n) is 3.15. The summed E-state index contributed by atoms with van der Waals surface area (Å²) in [5, 5.41) is 3.47. The molecule has 0 saturated carbocycles. The third-order valence-corrected chi connectivity index (χ3v) is 3.15. The van der Waals surface area contributed by atoms with Gasteiger partial charge in [-0.1, -0.05) is 0 Å². The van der Waals surface area contributed by atoms with Crippen molar-refractivity contribution in [2.45, 2.75) is 32.4 Å². The summed E-state index contributed by atoms with van der Waals surface area (Å²) in [5.41, 5.74) is 0. The van der Waals surface area contributed by atoms with Crippen molar-refractivity contribution in [3.63, 3.8) is 0 Å². The number of hydrogen-bond acceptors (Lipinski definition) is 2. The fourth-order valence-corrected chi connectivity index (χ4v) is 2.52. The highest BCUT2D eigenvalue weighted by molar-refractivity contribution is 4.95. The van der Waals surface area contributed by atoms with E-state index in [4.69, 9.17) is 0 Å². The SMILES string of the molecule is CC(C)N1CCC2CNCC21. The van der Waals surface area contributed by atoms with Gasteiger partial charge in [0, 0.05) is 18.6 Å². The summed E-state index contributed by atoms with van der Waals surface area (Å²) in [4.78, 5) is 2.64. The van der Waals surface area contributed by atoms with E-state index < -0.39 is 0 Å². The van der Waals surface area contributed by atoms with Crippen LogP contribution >= 0.6 is 0 Å². The van der Waals surface area contributed by atoms with E-state index in [0.717, 1.165) is 18.0 Å². The molecule has 2 fully saturated rings. The lowest BCUT2D eigenvalue weighted by Gasteiger charge is -2.26. The standard InChI is InChI=1S/C9H18N2/c1-7(2)11-4-3-8-5-10-6-9(8)11/h7-10H,3-6H2,1-2H3. The number of rotatable bonds is 1. The van der Waals surface area contributed by atoms with Crippen LogP contribution in [0.1, 0.15) is 20.3 Å². The van der Waals surface area contributed by atoms with E-state index in [0.29, 0.717) is 0 Å². The summed E-state index contributed by atoms with van der Waals surface area (Å²) < 4.78 is 0. The molecule has 0 aromatic rings. The minimum Gasteiger partial charge on any atom is -0.315 e. The first-order valence-corrected chi connectivity index (χ1v) is 4.75. The minimum absolute atomic E-state index is 0.741. The highest BCUT2D eigenvalue weighted by Gasteiger charge is 2.38. The molecule has 2 aliphatic rings. The summed E-state index contributed by atoms with van der Waals surface area (Å²) in [6.07, 6.45) is 1.41. The van der Waals surface area contributed by atoms with Gasteiger partial charge in [0.15, 0.2) is 0 Å². The number of likely N-dealkylation sites (tertiary alicyclic amines) is 1. The summed E-state index contributed by atoms with van der Waals surface area (Å²) in [5.74, 6) is 0.956. The van der Waals surface area contributed by atoms with Crippen LogP contribution in [0, 0.1) is 5.92 Å². The molecule has 0 aliphatic carbocycles. The second-order valence-corrected chi connectivity index (χ2v) is 4.11. The highest BCUT2D eigenvalue weighted by atomic mass is 15.2. The zero-order chi connectivity index (χ0) is 7.84. The molecular formula is C9H18N2. The first-order chi connectivity index (χ1) is 5.29. The minimum atomic E-state index is 0.741. The molecule has 11 heavy (non-hydrogen) atoms. The summed E-state index contributed by atoms with van der Waals surface area (Å²) in [6, 6.07) is 1.60. The Morgan fingerprint density at radius 2 is 2.18 bits per heavy atom.